The summed E-state index contributed by atoms with van der Waals surface area (Å²) in [6.45, 7) is 4.44. The van der Waals surface area contributed by atoms with E-state index in [-0.39, 0.29) is 36.5 Å². The second kappa shape index (κ2) is 7.15. The molecular weight excluding hydrogens is 328 g/mol. The molecule has 7 heteroatoms. The number of carbonyl (C=O) groups excluding carboxylic acids is 1. The Morgan fingerprint density at radius 1 is 1.28 bits per heavy atom. The zero-order chi connectivity index (χ0) is 18.1. The fraction of sp³-hybridized carbons (Fsp3) is 0.611. The Morgan fingerprint density at radius 3 is 2.52 bits per heavy atom. The van der Waals surface area contributed by atoms with Crippen molar-refractivity contribution < 1.29 is 18.3 Å². The molecule has 0 radical (unpaired) electrons. The molecule has 0 aliphatic carbocycles. The maximum absolute atomic E-state index is 14.8. The van der Waals surface area contributed by atoms with Crippen molar-refractivity contribution >= 4 is 17.5 Å². The van der Waals surface area contributed by atoms with Crippen molar-refractivity contribution in [3.8, 4) is 0 Å². The standard InChI is InChI=1S/C18H25F2N3O2/c1-3-4-12-6-5-11(2)23(12)17-15(19)7-13(8-16(17)20)22-10-14(9-21)25-18(22)24/h7-8,11-12,14H,3-6,9-10,21H2,1-2H3/t11?,12?,14-/m0/s1. The summed E-state index contributed by atoms with van der Waals surface area (Å²) >= 11 is 0. The van der Waals surface area contributed by atoms with E-state index >= 15 is 0 Å². The number of nitrogens with two attached hydrogens (primary N) is 1. The number of nitrogens with zero attached hydrogens (tertiary/aromatic N) is 2. The van der Waals surface area contributed by atoms with Crippen LogP contribution in [0.25, 0.3) is 0 Å². The largest absolute Gasteiger partial charge is 0.443 e. The number of ether oxygens (including phenoxy) is 1. The minimum absolute atomic E-state index is 0.00939. The fourth-order valence-electron chi connectivity index (χ4n) is 3.90. The molecule has 25 heavy (non-hydrogen) atoms. The molecule has 0 saturated carbocycles. The van der Waals surface area contributed by atoms with Crippen molar-refractivity contribution in [1.82, 2.24) is 0 Å². The monoisotopic (exact) mass is 353 g/mol. The van der Waals surface area contributed by atoms with Gasteiger partial charge in [0.1, 0.15) is 11.8 Å². The highest BCUT2D eigenvalue weighted by Gasteiger charge is 2.36. The summed E-state index contributed by atoms with van der Waals surface area (Å²) in [5, 5.41) is 0. The molecule has 3 atom stereocenters. The van der Waals surface area contributed by atoms with E-state index in [2.05, 4.69) is 6.92 Å². The first-order valence-corrected chi connectivity index (χ1v) is 8.91. The quantitative estimate of drug-likeness (QED) is 0.881. The van der Waals surface area contributed by atoms with Crippen LogP contribution in [-0.2, 0) is 4.74 Å². The molecule has 2 unspecified atom stereocenters. The Hall–Kier alpha value is -1.89. The summed E-state index contributed by atoms with van der Waals surface area (Å²) in [4.78, 5) is 15.0. The van der Waals surface area contributed by atoms with Crippen molar-refractivity contribution in [2.75, 3.05) is 22.9 Å². The van der Waals surface area contributed by atoms with Crippen LogP contribution in [0.3, 0.4) is 0 Å². The van der Waals surface area contributed by atoms with Crippen LogP contribution in [0.5, 0.6) is 0 Å². The molecule has 2 fully saturated rings. The summed E-state index contributed by atoms with van der Waals surface area (Å²) in [7, 11) is 0. The summed E-state index contributed by atoms with van der Waals surface area (Å²) in [5.74, 6) is -1.29. The van der Waals surface area contributed by atoms with Gasteiger partial charge in [-0.25, -0.2) is 13.6 Å². The van der Waals surface area contributed by atoms with Crippen LogP contribution in [0.2, 0.25) is 0 Å². The number of hydrogen-bond acceptors (Lipinski definition) is 4. The Labute approximate surface area is 146 Å². The minimum Gasteiger partial charge on any atom is -0.443 e. The molecule has 5 nitrogen and oxygen atoms in total. The lowest BCUT2D eigenvalue weighted by Crippen LogP contribution is -2.36. The first-order chi connectivity index (χ1) is 12.0. The van der Waals surface area contributed by atoms with Gasteiger partial charge >= 0.3 is 6.09 Å². The van der Waals surface area contributed by atoms with Crippen molar-refractivity contribution in [3.05, 3.63) is 23.8 Å². The molecule has 2 heterocycles. The maximum Gasteiger partial charge on any atom is 0.414 e. The normalized spacial score (nSPS) is 26.4. The van der Waals surface area contributed by atoms with Gasteiger partial charge in [0.2, 0.25) is 0 Å². The Bertz CT molecular complexity index is 630. The molecule has 0 bridgehead atoms. The third-order valence-corrected chi connectivity index (χ3v) is 5.12. The first kappa shape index (κ1) is 17.9. The van der Waals surface area contributed by atoms with Gasteiger partial charge in [-0.1, -0.05) is 13.3 Å². The zero-order valence-electron chi connectivity index (χ0n) is 14.7. The topological polar surface area (TPSA) is 58.8 Å². The predicted molar refractivity (Wildman–Crippen MR) is 92.9 cm³/mol. The van der Waals surface area contributed by atoms with Crippen molar-refractivity contribution in [2.24, 2.45) is 5.73 Å². The third-order valence-electron chi connectivity index (χ3n) is 5.12. The van der Waals surface area contributed by atoms with Crippen LogP contribution in [-0.4, -0.2) is 37.4 Å². The summed E-state index contributed by atoms with van der Waals surface area (Å²) in [6.07, 6.45) is 2.65. The Balaban J connectivity index is 1.92. The van der Waals surface area contributed by atoms with Crippen LogP contribution in [0.1, 0.15) is 39.5 Å². The van der Waals surface area contributed by atoms with E-state index in [0.29, 0.717) is 0 Å². The van der Waals surface area contributed by atoms with Crippen molar-refractivity contribution in [1.29, 1.82) is 0 Å². The highest BCUT2D eigenvalue weighted by Crippen LogP contribution is 2.38. The highest BCUT2D eigenvalue weighted by atomic mass is 19.1. The van der Waals surface area contributed by atoms with Crippen LogP contribution >= 0.6 is 0 Å². The van der Waals surface area contributed by atoms with Crippen LogP contribution < -0.4 is 15.5 Å². The molecule has 2 N–H and O–H groups in total. The molecule has 1 aromatic rings. The van der Waals surface area contributed by atoms with Gasteiger partial charge in [0.15, 0.2) is 11.6 Å². The van der Waals surface area contributed by atoms with Gasteiger partial charge in [-0.05, 0) is 26.2 Å². The number of benzene rings is 1. The van der Waals surface area contributed by atoms with E-state index in [1.807, 2.05) is 11.8 Å². The minimum atomic E-state index is -0.645. The average Bonchev–Trinajstić information content (AvgIpc) is 3.11. The molecule has 3 rings (SSSR count). The van der Waals surface area contributed by atoms with Crippen molar-refractivity contribution in [2.45, 2.75) is 57.7 Å². The van der Waals surface area contributed by atoms with E-state index in [4.69, 9.17) is 10.5 Å². The molecule has 1 aromatic carbocycles. The number of cyclic esters (lactones) is 1. The van der Waals surface area contributed by atoms with Gasteiger partial charge < -0.3 is 15.4 Å². The zero-order valence-corrected chi connectivity index (χ0v) is 14.7. The van der Waals surface area contributed by atoms with E-state index < -0.39 is 23.8 Å². The van der Waals surface area contributed by atoms with Crippen LogP contribution in [0.15, 0.2) is 12.1 Å². The molecule has 138 valence electrons. The second-order valence-corrected chi connectivity index (χ2v) is 6.89. The SMILES string of the molecule is CCCC1CCC(C)N1c1c(F)cc(N2C[C@H](CN)OC2=O)cc1F. The Morgan fingerprint density at radius 2 is 1.96 bits per heavy atom. The molecule has 2 saturated heterocycles. The molecular formula is C18H25F2N3O2. The lowest BCUT2D eigenvalue weighted by Gasteiger charge is -2.32. The lowest BCUT2D eigenvalue weighted by molar-refractivity contribution is 0.145. The van der Waals surface area contributed by atoms with Crippen LogP contribution in [0.4, 0.5) is 25.0 Å². The molecule has 1 amide bonds. The smallest absolute Gasteiger partial charge is 0.414 e. The molecule has 0 spiro atoms. The fourth-order valence-corrected chi connectivity index (χ4v) is 3.90. The summed E-state index contributed by atoms with van der Waals surface area (Å²) < 4.78 is 34.7. The first-order valence-electron chi connectivity index (χ1n) is 8.91. The van der Waals surface area contributed by atoms with E-state index in [0.717, 1.165) is 25.7 Å². The van der Waals surface area contributed by atoms with E-state index in [1.165, 1.54) is 17.0 Å². The second-order valence-electron chi connectivity index (χ2n) is 6.89. The number of halogens is 2. The number of anilines is 2. The predicted octanol–water partition coefficient (Wildman–Crippen LogP) is 3.41. The van der Waals surface area contributed by atoms with E-state index in [1.54, 1.807) is 0 Å². The van der Waals surface area contributed by atoms with Gasteiger partial charge in [0.05, 0.1) is 12.2 Å². The summed E-state index contributed by atoms with van der Waals surface area (Å²) in [5.41, 5.74) is 5.68. The molecule has 2 aliphatic rings. The number of rotatable bonds is 5. The van der Waals surface area contributed by atoms with E-state index in [9.17, 15) is 13.6 Å². The molecule has 2 aliphatic heterocycles. The maximum atomic E-state index is 14.8. The third kappa shape index (κ3) is 3.29. The summed E-state index contributed by atoms with van der Waals surface area (Å²) in [6, 6.07) is 2.66. The van der Waals surface area contributed by atoms with Gasteiger partial charge in [0.25, 0.3) is 0 Å². The van der Waals surface area contributed by atoms with Gasteiger partial charge in [-0.15, -0.1) is 0 Å². The van der Waals surface area contributed by atoms with Crippen LogP contribution in [0, 0.1) is 11.6 Å². The average molecular weight is 353 g/mol. The van der Waals surface area contributed by atoms with Gasteiger partial charge in [0, 0.05) is 30.8 Å². The van der Waals surface area contributed by atoms with Gasteiger partial charge in [-0.3, -0.25) is 4.90 Å². The molecule has 0 aromatic heterocycles. The number of carbonyl (C=O) groups is 1. The number of amides is 1. The lowest BCUT2D eigenvalue weighted by atomic mass is 10.1. The number of hydrogen-bond donors (Lipinski definition) is 1. The van der Waals surface area contributed by atoms with Crippen molar-refractivity contribution in [3.63, 3.8) is 0 Å². The van der Waals surface area contributed by atoms with Gasteiger partial charge in [-0.2, -0.15) is 0 Å². The Kier molecular flexibility index (Phi) is 5.13. The highest BCUT2D eigenvalue weighted by molar-refractivity contribution is 5.90.